The van der Waals surface area contributed by atoms with Crippen LogP contribution in [0.3, 0.4) is 0 Å². The molecule has 0 unspecified atom stereocenters. The summed E-state index contributed by atoms with van der Waals surface area (Å²) in [7, 11) is 3.80. The van der Waals surface area contributed by atoms with Crippen LogP contribution >= 0.6 is 0 Å². The lowest BCUT2D eigenvalue weighted by Gasteiger charge is -2.16. The van der Waals surface area contributed by atoms with Gasteiger partial charge in [-0.15, -0.1) is 0 Å². The molecule has 3 N–H and O–H groups in total. The average Bonchev–Trinajstić information content (AvgIpc) is 2.26. The summed E-state index contributed by atoms with van der Waals surface area (Å²) in [4.78, 5) is 2.22. The molecule has 1 aromatic rings. The van der Waals surface area contributed by atoms with E-state index in [2.05, 4.69) is 17.3 Å². The lowest BCUT2D eigenvalue weighted by Crippen LogP contribution is -2.28. The molecular formula is C12H21N3O. The average molecular weight is 223 g/mol. The molecule has 0 radical (unpaired) electrons. The van der Waals surface area contributed by atoms with E-state index in [0.29, 0.717) is 0 Å². The number of methoxy groups -OCH3 is 1. The maximum atomic E-state index is 5.69. The number of anilines is 2. The van der Waals surface area contributed by atoms with E-state index in [1.165, 1.54) is 0 Å². The van der Waals surface area contributed by atoms with Gasteiger partial charge in [0, 0.05) is 38.1 Å². The first kappa shape index (κ1) is 12.8. The number of nitrogens with two attached hydrogens (primary N) is 1. The smallest absolute Gasteiger partial charge is 0.0589 e. The Kier molecular flexibility index (Phi) is 5.67. The highest BCUT2D eigenvalue weighted by Gasteiger charge is 1.97. The first-order valence-corrected chi connectivity index (χ1v) is 5.49. The van der Waals surface area contributed by atoms with Gasteiger partial charge in [0.25, 0.3) is 0 Å². The molecule has 0 aliphatic carbocycles. The SMILES string of the molecule is COCCN(C)CCNc1cccc(N)c1. The monoisotopic (exact) mass is 223 g/mol. The van der Waals surface area contributed by atoms with Gasteiger partial charge >= 0.3 is 0 Å². The number of nitrogens with one attached hydrogen (secondary N) is 1. The van der Waals surface area contributed by atoms with Gasteiger partial charge in [-0.25, -0.2) is 0 Å². The molecule has 0 saturated carbocycles. The molecule has 0 aliphatic rings. The standard InChI is InChI=1S/C12H21N3O/c1-15(8-9-16-2)7-6-14-12-5-3-4-11(13)10-12/h3-5,10,14H,6-9,13H2,1-2H3. The van der Waals surface area contributed by atoms with E-state index < -0.39 is 0 Å². The Hall–Kier alpha value is -1.26. The van der Waals surface area contributed by atoms with Crippen LogP contribution in [0.15, 0.2) is 24.3 Å². The lowest BCUT2D eigenvalue weighted by atomic mass is 10.3. The molecule has 0 heterocycles. The summed E-state index contributed by atoms with van der Waals surface area (Å²) in [5, 5.41) is 3.33. The van der Waals surface area contributed by atoms with E-state index in [9.17, 15) is 0 Å². The fourth-order valence-corrected chi connectivity index (χ4v) is 1.40. The van der Waals surface area contributed by atoms with Crippen molar-refractivity contribution in [3.63, 3.8) is 0 Å². The fourth-order valence-electron chi connectivity index (χ4n) is 1.40. The predicted molar refractivity (Wildman–Crippen MR) is 68.7 cm³/mol. The maximum Gasteiger partial charge on any atom is 0.0589 e. The molecule has 16 heavy (non-hydrogen) atoms. The minimum Gasteiger partial charge on any atom is -0.399 e. The highest BCUT2D eigenvalue weighted by atomic mass is 16.5. The lowest BCUT2D eigenvalue weighted by molar-refractivity contribution is 0.163. The summed E-state index contributed by atoms with van der Waals surface area (Å²) in [6.07, 6.45) is 0. The van der Waals surface area contributed by atoms with Crippen molar-refractivity contribution in [3.05, 3.63) is 24.3 Å². The van der Waals surface area contributed by atoms with Crippen LogP contribution in [0.1, 0.15) is 0 Å². The minimum atomic E-state index is 0.773. The molecule has 90 valence electrons. The number of likely N-dealkylation sites (N-methyl/N-ethyl adjacent to an activating group) is 1. The topological polar surface area (TPSA) is 50.5 Å². The van der Waals surface area contributed by atoms with Crippen LogP contribution in [-0.4, -0.2) is 45.3 Å². The van der Waals surface area contributed by atoms with Crippen molar-refractivity contribution in [1.29, 1.82) is 0 Å². The third-order valence-electron chi connectivity index (χ3n) is 2.39. The number of nitrogens with zero attached hydrogens (tertiary/aromatic N) is 1. The Morgan fingerprint density at radius 2 is 2.19 bits per heavy atom. The first-order valence-electron chi connectivity index (χ1n) is 5.49. The van der Waals surface area contributed by atoms with Crippen LogP contribution < -0.4 is 11.1 Å². The van der Waals surface area contributed by atoms with Crippen LogP contribution in [0.5, 0.6) is 0 Å². The fraction of sp³-hybridized carbons (Fsp3) is 0.500. The predicted octanol–water partition coefficient (Wildman–Crippen LogP) is 1.26. The Balaban J connectivity index is 2.20. The zero-order valence-electron chi connectivity index (χ0n) is 10.1. The van der Waals surface area contributed by atoms with Gasteiger partial charge < -0.3 is 20.7 Å². The molecule has 4 nitrogen and oxygen atoms in total. The van der Waals surface area contributed by atoms with Gasteiger partial charge in [-0.1, -0.05) is 6.07 Å². The molecule has 4 heteroatoms. The van der Waals surface area contributed by atoms with E-state index in [-0.39, 0.29) is 0 Å². The van der Waals surface area contributed by atoms with Gasteiger partial charge in [0.05, 0.1) is 6.61 Å². The van der Waals surface area contributed by atoms with E-state index in [4.69, 9.17) is 10.5 Å². The molecule has 0 saturated heterocycles. The van der Waals surface area contributed by atoms with Gasteiger partial charge in [0.1, 0.15) is 0 Å². The van der Waals surface area contributed by atoms with Crippen molar-refractivity contribution >= 4 is 11.4 Å². The second kappa shape index (κ2) is 7.09. The summed E-state index contributed by atoms with van der Waals surface area (Å²) < 4.78 is 5.01. The van der Waals surface area contributed by atoms with Crippen LogP contribution in [0, 0.1) is 0 Å². The van der Waals surface area contributed by atoms with Gasteiger partial charge in [-0.3, -0.25) is 0 Å². The molecular weight excluding hydrogens is 202 g/mol. The molecule has 0 bridgehead atoms. The van der Waals surface area contributed by atoms with Gasteiger partial charge in [0.2, 0.25) is 0 Å². The molecule has 0 fully saturated rings. The van der Waals surface area contributed by atoms with Crippen molar-refractivity contribution in [1.82, 2.24) is 4.90 Å². The number of rotatable bonds is 7. The second-order valence-electron chi connectivity index (χ2n) is 3.85. The minimum absolute atomic E-state index is 0.773. The number of hydrogen-bond donors (Lipinski definition) is 2. The molecule has 0 atom stereocenters. The maximum absolute atomic E-state index is 5.69. The Morgan fingerprint density at radius 3 is 2.88 bits per heavy atom. The van der Waals surface area contributed by atoms with Crippen molar-refractivity contribution in [2.45, 2.75) is 0 Å². The van der Waals surface area contributed by atoms with Gasteiger partial charge in [0.15, 0.2) is 0 Å². The summed E-state index contributed by atoms with van der Waals surface area (Å²) in [6, 6.07) is 7.79. The van der Waals surface area contributed by atoms with E-state index in [1.54, 1.807) is 7.11 Å². The molecule has 1 rings (SSSR count). The van der Waals surface area contributed by atoms with Crippen molar-refractivity contribution in [2.24, 2.45) is 0 Å². The highest BCUT2D eigenvalue weighted by molar-refractivity contribution is 5.53. The van der Waals surface area contributed by atoms with Crippen LogP contribution in [0.2, 0.25) is 0 Å². The molecule has 0 amide bonds. The third-order valence-corrected chi connectivity index (χ3v) is 2.39. The van der Waals surface area contributed by atoms with E-state index >= 15 is 0 Å². The summed E-state index contributed by atoms with van der Waals surface area (Å²) in [6.45, 7) is 3.62. The molecule has 0 spiro atoms. The largest absolute Gasteiger partial charge is 0.399 e. The third kappa shape index (κ3) is 5.00. The summed E-state index contributed by atoms with van der Waals surface area (Å²) >= 11 is 0. The first-order chi connectivity index (χ1) is 7.72. The summed E-state index contributed by atoms with van der Waals surface area (Å²) in [5.41, 5.74) is 7.55. The van der Waals surface area contributed by atoms with Gasteiger partial charge in [-0.05, 0) is 25.2 Å². The Labute approximate surface area is 97.4 Å². The number of benzene rings is 1. The van der Waals surface area contributed by atoms with Crippen LogP contribution in [0.25, 0.3) is 0 Å². The zero-order chi connectivity index (χ0) is 11.8. The molecule has 0 aliphatic heterocycles. The van der Waals surface area contributed by atoms with Crippen molar-refractivity contribution in [2.75, 3.05) is 51.4 Å². The molecule has 1 aromatic carbocycles. The summed E-state index contributed by atoms with van der Waals surface area (Å²) in [5.74, 6) is 0. The van der Waals surface area contributed by atoms with Gasteiger partial charge in [-0.2, -0.15) is 0 Å². The zero-order valence-corrected chi connectivity index (χ0v) is 10.1. The molecule has 0 aromatic heterocycles. The normalized spacial score (nSPS) is 10.7. The Morgan fingerprint density at radius 1 is 1.38 bits per heavy atom. The number of nitrogen functional groups attached to an aromatic ring is 1. The van der Waals surface area contributed by atoms with E-state index in [0.717, 1.165) is 37.6 Å². The van der Waals surface area contributed by atoms with E-state index in [1.807, 2.05) is 24.3 Å². The van der Waals surface area contributed by atoms with Crippen molar-refractivity contribution in [3.8, 4) is 0 Å². The Bertz CT molecular complexity index is 304. The van der Waals surface area contributed by atoms with Crippen LogP contribution in [0.4, 0.5) is 11.4 Å². The number of hydrogen-bond acceptors (Lipinski definition) is 4. The number of ether oxygens (including phenoxy) is 1. The van der Waals surface area contributed by atoms with Crippen molar-refractivity contribution < 1.29 is 4.74 Å². The second-order valence-corrected chi connectivity index (χ2v) is 3.85. The highest BCUT2D eigenvalue weighted by Crippen LogP contribution is 2.10. The quantitative estimate of drug-likeness (QED) is 0.683. The van der Waals surface area contributed by atoms with Crippen LogP contribution in [-0.2, 0) is 4.74 Å².